The minimum Gasteiger partial charge on any atom is -0.374 e. The van der Waals surface area contributed by atoms with Crippen LogP contribution < -0.4 is 10.5 Å². The number of primary sulfonamides is 1. The van der Waals surface area contributed by atoms with E-state index in [-0.39, 0.29) is 16.3 Å². The first kappa shape index (κ1) is 19.1. The Morgan fingerprint density at radius 1 is 1.32 bits per heavy atom. The number of rotatable bonds is 7. The molecule has 1 aromatic heterocycles. The third kappa shape index (κ3) is 5.37. The van der Waals surface area contributed by atoms with Crippen molar-refractivity contribution in [3.63, 3.8) is 0 Å². The smallest absolute Gasteiger partial charge is 0.293 e. The minimum atomic E-state index is -4.02. The molecule has 2 rings (SSSR count). The molecule has 0 aliphatic heterocycles. The summed E-state index contributed by atoms with van der Waals surface area (Å²) in [5.41, 5.74) is -0.699. The highest BCUT2D eigenvalue weighted by atomic mass is 32.2. The van der Waals surface area contributed by atoms with Crippen molar-refractivity contribution in [1.29, 1.82) is 0 Å². The Morgan fingerprint density at radius 2 is 1.96 bits per heavy atom. The molecule has 0 bridgehead atoms. The average molecular weight is 383 g/mol. The largest absolute Gasteiger partial charge is 0.374 e. The van der Waals surface area contributed by atoms with Gasteiger partial charge in [0.15, 0.2) is 5.16 Å². The number of sulfonamides is 1. The number of aromatic nitrogens is 2. The van der Waals surface area contributed by atoms with Crippen molar-refractivity contribution in [2.45, 2.75) is 29.4 Å². The summed E-state index contributed by atoms with van der Waals surface area (Å²) in [4.78, 5) is 18.5. The molecule has 0 radical (unpaired) electrons. The highest BCUT2D eigenvalue weighted by Crippen LogP contribution is 2.31. The maximum Gasteiger partial charge on any atom is 0.293 e. The van der Waals surface area contributed by atoms with E-state index in [2.05, 4.69) is 15.3 Å². The van der Waals surface area contributed by atoms with Gasteiger partial charge in [-0.15, -0.1) is 0 Å². The molecule has 0 saturated heterocycles. The molecule has 3 N–H and O–H groups in total. The second-order valence-corrected chi connectivity index (χ2v) is 8.31. The molecule has 0 amide bonds. The summed E-state index contributed by atoms with van der Waals surface area (Å²) in [6.07, 6.45) is 3.26. The van der Waals surface area contributed by atoms with Crippen LogP contribution in [-0.4, -0.2) is 34.6 Å². The van der Waals surface area contributed by atoms with Crippen molar-refractivity contribution in [2.24, 2.45) is 5.14 Å². The summed E-state index contributed by atoms with van der Waals surface area (Å²) in [5.74, 6) is 0.533. The van der Waals surface area contributed by atoms with Gasteiger partial charge in [-0.2, -0.15) is 0 Å². The number of nitrogens with two attached hydrogens (primary N) is 1. The Hall–Kier alpha value is -2.24. The second kappa shape index (κ2) is 7.33. The molecule has 0 unspecified atom stereocenters. The number of nitrogens with one attached hydrogen (secondary N) is 1. The molecule has 25 heavy (non-hydrogen) atoms. The van der Waals surface area contributed by atoms with Crippen molar-refractivity contribution in [3.05, 3.63) is 46.8 Å². The predicted octanol–water partition coefficient (Wildman–Crippen LogP) is 2.01. The lowest BCUT2D eigenvalue weighted by Crippen LogP contribution is -2.34. The zero-order valence-corrected chi connectivity index (χ0v) is 15.2. The van der Waals surface area contributed by atoms with Crippen molar-refractivity contribution in [3.8, 4) is 0 Å². The van der Waals surface area contributed by atoms with Crippen LogP contribution in [0.4, 0.5) is 11.4 Å². The molecule has 0 aliphatic rings. The molecule has 134 valence electrons. The van der Waals surface area contributed by atoms with Gasteiger partial charge in [0, 0.05) is 29.8 Å². The molecule has 9 nitrogen and oxygen atoms in total. The molecule has 1 aromatic carbocycles. The fraction of sp³-hybridized carbons (Fsp3) is 0.286. The van der Waals surface area contributed by atoms with E-state index in [0.29, 0.717) is 10.9 Å². The van der Waals surface area contributed by atoms with E-state index in [0.717, 1.165) is 6.07 Å². The van der Waals surface area contributed by atoms with Gasteiger partial charge in [-0.3, -0.25) is 10.1 Å². The van der Waals surface area contributed by atoms with E-state index in [1.54, 1.807) is 18.5 Å². The Labute approximate surface area is 149 Å². The van der Waals surface area contributed by atoms with E-state index in [4.69, 9.17) is 5.14 Å². The third-order valence-corrected chi connectivity index (χ3v) is 5.32. The highest BCUT2D eigenvalue weighted by molar-refractivity contribution is 7.99. The first-order valence-corrected chi connectivity index (χ1v) is 9.61. The number of benzene rings is 1. The van der Waals surface area contributed by atoms with Crippen LogP contribution in [0.3, 0.4) is 0 Å². The first-order valence-electron chi connectivity index (χ1n) is 7.08. The lowest BCUT2D eigenvalue weighted by Gasteiger charge is -2.26. The minimum absolute atomic E-state index is 0.206. The third-order valence-electron chi connectivity index (χ3n) is 3.07. The molecule has 11 heteroatoms. The molecular formula is C14H17N5O4S2. The fourth-order valence-electron chi connectivity index (χ4n) is 1.95. The molecule has 0 saturated carbocycles. The predicted molar refractivity (Wildman–Crippen MR) is 94.9 cm³/mol. The van der Waals surface area contributed by atoms with Gasteiger partial charge in [0.05, 0.1) is 9.82 Å². The number of nitro groups is 1. The van der Waals surface area contributed by atoms with Gasteiger partial charge in [0.25, 0.3) is 5.69 Å². The maximum atomic E-state index is 11.4. The van der Waals surface area contributed by atoms with E-state index < -0.39 is 20.5 Å². The number of thioether (sulfide) groups is 1. The zero-order chi connectivity index (χ0) is 18.7. The molecule has 0 fully saturated rings. The van der Waals surface area contributed by atoms with Crippen LogP contribution >= 0.6 is 11.8 Å². The van der Waals surface area contributed by atoms with Gasteiger partial charge >= 0.3 is 0 Å². The lowest BCUT2D eigenvalue weighted by atomic mass is 10.1. The summed E-state index contributed by atoms with van der Waals surface area (Å²) < 4.78 is 22.8. The van der Waals surface area contributed by atoms with Crippen molar-refractivity contribution >= 4 is 33.2 Å². The van der Waals surface area contributed by atoms with Gasteiger partial charge in [-0.1, -0.05) is 11.8 Å². The van der Waals surface area contributed by atoms with Gasteiger partial charge in [-0.05, 0) is 32.0 Å². The molecule has 1 heterocycles. The molecule has 0 atom stereocenters. The number of nitrogens with zero attached hydrogens (tertiary/aromatic N) is 3. The molecular weight excluding hydrogens is 366 g/mol. The van der Waals surface area contributed by atoms with Gasteiger partial charge < -0.3 is 5.32 Å². The topological polar surface area (TPSA) is 141 Å². The van der Waals surface area contributed by atoms with Crippen LogP contribution in [0.25, 0.3) is 0 Å². The van der Waals surface area contributed by atoms with E-state index >= 15 is 0 Å². The highest BCUT2D eigenvalue weighted by Gasteiger charge is 2.25. The Balaban J connectivity index is 2.21. The summed E-state index contributed by atoms with van der Waals surface area (Å²) in [6.45, 7) is 3.72. The monoisotopic (exact) mass is 383 g/mol. The van der Waals surface area contributed by atoms with E-state index in [1.165, 1.54) is 23.9 Å². The van der Waals surface area contributed by atoms with Crippen LogP contribution in [-0.2, 0) is 10.0 Å². The normalized spacial score (nSPS) is 12.0. The average Bonchev–Trinajstić information content (AvgIpc) is 2.53. The van der Waals surface area contributed by atoms with Crippen LogP contribution in [0.2, 0.25) is 0 Å². The zero-order valence-electron chi connectivity index (χ0n) is 13.5. The Kier molecular flexibility index (Phi) is 5.60. The van der Waals surface area contributed by atoms with Crippen LogP contribution in [0.1, 0.15) is 13.8 Å². The maximum absolute atomic E-state index is 11.4. The van der Waals surface area contributed by atoms with E-state index in [1.807, 2.05) is 13.8 Å². The first-order chi connectivity index (χ1) is 11.6. The second-order valence-electron chi connectivity index (χ2n) is 5.81. The number of hydrogen-bond acceptors (Lipinski definition) is 8. The summed E-state index contributed by atoms with van der Waals surface area (Å²) >= 11 is 1.40. The Morgan fingerprint density at radius 3 is 2.52 bits per heavy atom. The quantitative estimate of drug-likeness (QED) is 0.320. The number of anilines is 1. The van der Waals surface area contributed by atoms with Gasteiger partial charge in [0.2, 0.25) is 10.0 Å². The molecule has 0 aliphatic carbocycles. The standard InChI is InChI=1S/C14H17N5O4S2/c1-14(2,9-24-13-16-6-3-7-17-13)18-11-5-4-10(25(15,22)23)8-12(11)19(20)21/h3-8,18H,9H2,1-2H3,(H2,15,22,23). The summed E-state index contributed by atoms with van der Waals surface area (Å²) in [7, 11) is -4.02. The number of hydrogen-bond donors (Lipinski definition) is 2. The Bertz CT molecular complexity index is 872. The lowest BCUT2D eigenvalue weighted by molar-refractivity contribution is -0.384. The molecule has 0 spiro atoms. The van der Waals surface area contributed by atoms with Crippen LogP contribution in [0, 0.1) is 10.1 Å². The van der Waals surface area contributed by atoms with Crippen molar-refractivity contribution < 1.29 is 13.3 Å². The summed E-state index contributed by atoms with van der Waals surface area (Å²) in [6, 6.07) is 5.22. The van der Waals surface area contributed by atoms with Gasteiger partial charge in [-0.25, -0.2) is 23.5 Å². The van der Waals surface area contributed by atoms with Crippen molar-refractivity contribution in [2.75, 3.05) is 11.1 Å². The number of nitro benzene ring substituents is 1. The van der Waals surface area contributed by atoms with Crippen LogP contribution in [0.5, 0.6) is 0 Å². The van der Waals surface area contributed by atoms with Crippen LogP contribution in [0.15, 0.2) is 46.7 Å². The van der Waals surface area contributed by atoms with Gasteiger partial charge in [0.1, 0.15) is 5.69 Å². The fourth-order valence-corrected chi connectivity index (χ4v) is 3.32. The molecule has 2 aromatic rings. The van der Waals surface area contributed by atoms with E-state index in [9.17, 15) is 18.5 Å². The van der Waals surface area contributed by atoms with Crippen molar-refractivity contribution in [1.82, 2.24) is 9.97 Å². The SMILES string of the molecule is CC(C)(CSc1ncccn1)Nc1ccc(S(N)(=O)=O)cc1[N+](=O)[O-]. The summed E-state index contributed by atoms with van der Waals surface area (Å²) in [5, 5.41) is 20.0.